The zero-order valence-corrected chi connectivity index (χ0v) is 8.83. The van der Waals surface area contributed by atoms with E-state index in [9.17, 15) is 0 Å². The fraction of sp³-hybridized carbons (Fsp3) is 0.900. The Kier molecular flexibility index (Phi) is 2.89. The molecular formula is C10H20N2. The van der Waals surface area contributed by atoms with Crippen LogP contribution in [0.25, 0.3) is 0 Å². The van der Waals surface area contributed by atoms with Crippen molar-refractivity contribution in [3.05, 3.63) is 0 Å². The van der Waals surface area contributed by atoms with Gasteiger partial charge in [-0.15, -0.1) is 0 Å². The van der Waals surface area contributed by atoms with Crippen LogP contribution in [0, 0.1) is 0 Å². The standard InChI is InChI=1S/C10H20N2/c1-7(2)11-10-6-12(8(3)4)9(10)5/h7-9H,6H2,1-5H3. The van der Waals surface area contributed by atoms with Gasteiger partial charge in [-0.25, -0.2) is 0 Å². The van der Waals surface area contributed by atoms with Gasteiger partial charge in [-0.3, -0.25) is 9.89 Å². The summed E-state index contributed by atoms with van der Waals surface area (Å²) >= 11 is 0. The third kappa shape index (κ3) is 1.86. The molecule has 0 saturated carbocycles. The summed E-state index contributed by atoms with van der Waals surface area (Å²) in [6.45, 7) is 12.1. The smallest absolute Gasteiger partial charge is 0.0468 e. The van der Waals surface area contributed by atoms with Gasteiger partial charge in [-0.2, -0.15) is 0 Å². The molecular weight excluding hydrogens is 148 g/mol. The van der Waals surface area contributed by atoms with Crippen molar-refractivity contribution in [2.75, 3.05) is 6.54 Å². The number of nitrogens with zero attached hydrogens (tertiary/aromatic N) is 2. The molecule has 70 valence electrons. The molecule has 1 heterocycles. The van der Waals surface area contributed by atoms with E-state index in [1.807, 2.05) is 0 Å². The van der Waals surface area contributed by atoms with Gasteiger partial charge in [0.05, 0.1) is 0 Å². The first-order chi connectivity index (χ1) is 5.52. The largest absolute Gasteiger partial charge is 0.288 e. The van der Waals surface area contributed by atoms with Gasteiger partial charge in [0, 0.05) is 30.4 Å². The van der Waals surface area contributed by atoms with Gasteiger partial charge in [-0.1, -0.05) is 0 Å². The number of hydrogen-bond acceptors (Lipinski definition) is 2. The second-order valence-electron chi connectivity index (χ2n) is 4.16. The minimum Gasteiger partial charge on any atom is -0.288 e. The second kappa shape index (κ2) is 3.56. The van der Waals surface area contributed by atoms with Crippen LogP contribution in [-0.2, 0) is 0 Å². The summed E-state index contributed by atoms with van der Waals surface area (Å²) in [5.41, 5.74) is 1.37. The Hall–Kier alpha value is -0.370. The van der Waals surface area contributed by atoms with Crippen LogP contribution in [0.2, 0.25) is 0 Å². The molecule has 12 heavy (non-hydrogen) atoms. The number of rotatable bonds is 2. The quantitative estimate of drug-likeness (QED) is 0.615. The molecule has 2 nitrogen and oxygen atoms in total. The first kappa shape index (κ1) is 9.72. The van der Waals surface area contributed by atoms with Crippen LogP contribution in [0.15, 0.2) is 4.99 Å². The van der Waals surface area contributed by atoms with E-state index in [1.54, 1.807) is 0 Å². The van der Waals surface area contributed by atoms with Crippen molar-refractivity contribution >= 4 is 5.71 Å². The number of aliphatic imine (C=N–C) groups is 1. The summed E-state index contributed by atoms with van der Waals surface area (Å²) < 4.78 is 0. The predicted molar refractivity (Wildman–Crippen MR) is 53.9 cm³/mol. The highest BCUT2D eigenvalue weighted by Gasteiger charge is 2.32. The molecule has 1 aliphatic rings. The van der Waals surface area contributed by atoms with Crippen molar-refractivity contribution in [2.24, 2.45) is 4.99 Å². The van der Waals surface area contributed by atoms with Crippen molar-refractivity contribution in [2.45, 2.75) is 52.7 Å². The Bertz CT molecular complexity index is 182. The predicted octanol–water partition coefficient (Wildman–Crippen LogP) is 1.95. The highest BCUT2D eigenvalue weighted by Crippen LogP contribution is 2.18. The summed E-state index contributed by atoms with van der Waals surface area (Å²) in [6.07, 6.45) is 0. The van der Waals surface area contributed by atoms with Crippen LogP contribution in [0.4, 0.5) is 0 Å². The minimum atomic E-state index is 0.455. The molecule has 1 rings (SSSR count). The van der Waals surface area contributed by atoms with Crippen LogP contribution in [0.3, 0.4) is 0 Å². The molecule has 0 aromatic rings. The minimum absolute atomic E-state index is 0.455. The van der Waals surface area contributed by atoms with Crippen molar-refractivity contribution in [3.63, 3.8) is 0 Å². The maximum absolute atomic E-state index is 4.57. The monoisotopic (exact) mass is 168 g/mol. The van der Waals surface area contributed by atoms with Gasteiger partial charge in [0.1, 0.15) is 0 Å². The van der Waals surface area contributed by atoms with Crippen LogP contribution >= 0.6 is 0 Å². The molecule has 0 radical (unpaired) electrons. The summed E-state index contributed by atoms with van der Waals surface area (Å²) in [6, 6.07) is 1.69. The average Bonchev–Trinajstić information content (AvgIpc) is 1.95. The molecule has 0 amide bonds. The fourth-order valence-electron chi connectivity index (χ4n) is 1.65. The van der Waals surface area contributed by atoms with E-state index >= 15 is 0 Å². The number of likely N-dealkylation sites (tertiary alicyclic amines) is 1. The van der Waals surface area contributed by atoms with Gasteiger partial charge in [0.25, 0.3) is 0 Å². The Morgan fingerprint density at radius 3 is 2.25 bits per heavy atom. The van der Waals surface area contributed by atoms with Gasteiger partial charge in [0.2, 0.25) is 0 Å². The highest BCUT2D eigenvalue weighted by molar-refractivity contribution is 5.96. The zero-order chi connectivity index (χ0) is 9.30. The van der Waals surface area contributed by atoms with Crippen LogP contribution in [-0.4, -0.2) is 35.3 Å². The Balaban J connectivity index is 2.48. The van der Waals surface area contributed by atoms with E-state index in [1.165, 1.54) is 5.71 Å². The third-order valence-electron chi connectivity index (χ3n) is 2.41. The van der Waals surface area contributed by atoms with E-state index in [2.05, 4.69) is 44.5 Å². The lowest BCUT2D eigenvalue weighted by atomic mass is 9.99. The van der Waals surface area contributed by atoms with Gasteiger partial charge in [0.15, 0.2) is 0 Å². The maximum atomic E-state index is 4.57. The molecule has 0 aliphatic carbocycles. The van der Waals surface area contributed by atoms with Gasteiger partial charge < -0.3 is 0 Å². The number of hydrogen-bond donors (Lipinski definition) is 0. The molecule has 0 N–H and O–H groups in total. The third-order valence-corrected chi connectivity index (χ3v) is 2.41. The SMILES string of the molecule is CC(C)N=C1CN(C(C)C)C1C. The van der Waals surface area contributed by atoms with E-state index < -0.39 is 0 Å². The van der Waals surface area contributed by atoms with E-state index in [-0.39, 0.29) is 0 Å². The van der Waals surface area contributed by atoms with E-state index in [0.717, 1.165) is 6.54 Å². The first-order valence-corrected chi connectivity index (χ1v) is 4.84. The van der Waals surface area contributed by atoms with Gasteiger partial charge >= 0.3 is 0 Å². The molecule has 1 unspecified atom stereocenters. The van der Waals surface area contributed by atoms with Crippen molar-refractivity contribution in [1.29, 1.82) is 0 Å². The zero-order valence-electron chi connectivity index (χ0n) is 8.83. The van der Waals surface area contributed by atoms with Crippen LogP contribution in [0.1, 0.15) is 34.6 Å². The molecule has 1 saturated heterocycles. The first-order valence-electron chi connectivity index (χ1n) is 4.84. The highest BCUT2D eigenvalue weighted by atomic mass is 15.3. The molecule has 0 aromatic heterocycles. The molecule has 1 atom stereocenters. The molecule has 0 spiro atoms. The molecule has 2 heteroatoms. The van der Waals surface area contributed by atoms with E-state index in [0.29, 0.717) is 18.1 Å². The summed E-state index contributed by atoms with van der Waals surface area (Å²) in [4.78, 5) is 7.03. The summed E-state index contributed by atoms with van der Waals surface area (Å²) in [5.74, 6) is 0. The fourth-order valence-corrected chi connectivity index (χ4v) is 1.65. The topological polar surface area (TPSA) is 15.6 Å². The van der Waals surface area contributed by atoms with Crippen molar-refractivity contribution in [3.8, 4) is 0 Å². The molecule has 0 bridgehead atoms. The van der Waals surface area contributed by atoms with Crippen LogP contribution < -0.4 is 0 Å². The lowest BCUT2D eigenvalue weighted by molar-refractivity contribution is 0.184. The van der Waals surface area contributed by atoms with E-state index in [4.69, 9.17) is 0 Å². The molecule has 1 fully saturated rings. The normalized spacial score (nSPS) is 28.6. The van der Waals surface area contributed by atoms with Crippen LogP contribution in [0.5, 0.6) is 0 Å². The van der Waals surface area contributed by atoms with Gasteiger partial charge in [-0.05, 0) is 34.6 Å². The Morgan fingerprint density at radius 1 is 1.33 bits per heavy atom. The summed E-state index contributed by atoms with van der Waals surface area (Å²) in [7, 11) is 0. The maximum Gasteiger partial charge on any atom is 0.0468 e. The van der Waals surface area contributed by atoms with Crippen molar-refractivity contribution < 1.29 is 0 Å². The lowest BCUT2D eigenvalue weighted by Gasteiger charge is -2.43. The lowest BCUT2D eigenvalue weighted by Crippen LogP contribution is -2.58. The Labute approximate surface area is 75.7 Å². The average molecular weight is 168 g/mol. The Morgan fingerprint density at radius 2 is 1.92 bits per heavy atom. The van der Waals surface area contributed by atoms with Crippen molar-refractivity contribution in [1.82, 2.24) is 4.90 Å². The second-order valence-corrected chi connectivity index (χ2v) is 4.16. The molecule has 1 aliphatic heterocycles. The molecule has 0 aromatic carbocycles. The summed E-state index contributed by atoms with van der Waals surface area (Å²) in [5, 5.41) is 0.